The molecule has 0 spiro atoms. The monoisotopic (exact) mass is 362 g/mol. The van der Waals surface area contributed by atoms with E-state index in [1.54, 1.807) is 6.08 Å². The molecule has 0 heterocycles. The fourth-order valence-electron chi connectivity index (χ4n) is 6.98. The molecule has 0 saturated heterocycles. The summed E-state index contributed by atoms with van der Waals surface area (Å²) < 4.78 is 0. The zero-order valence-electron chi connectivity index (χ0n) is 15.5. The molecule has 144 valence electrons. The van der Waals surface area contributed by atoms with Crippen molar-refractivity contribution in [2.75, 3.05) is 0 Å². The van der Waals surface area contributed by atoms with E-state index in [2.05, 4.69) is 12.8 Å². The van der Waals surface area contributed by atoms with Crippen LogP contribution in [0.2, 0.25) is 0 Å². The lowest BCUT2D eigenvalue weighted by atomic mass is 9.46. The predicted molar refractivity (Wildman–Crippen MR) is 95.7 cm³/mol. The van der Waals surface area contributed by atoms with E-state index in [4.69, 9.17) is 6.42 Å². The van der Waals surface area contributed by atoms with Crippen LogP contribution in [0.4, 0.5) is 0 Å². The van der Waals surface area contributed by atoms with Crippen LogP contribution in [0, 0.1) is 40.9 Å². The van der Waals surface area contributed by atoms with Crippen molar-refractivity contribution >= 4 is 0 Å². The Bertz CT molecular complexity index is 682. The second kappa shape index (κ2) is 5.56. The summed E-state index contributed by atoms with van der Waals surface area (Å²) >= 11 is 0. The number of rotatable bonds is 0. The molecule has 0 aromatic heterocycles. The highest BCUT2D eigenvalue weighted by Crippen LogP contribution is 2.67. The Labute approximate surface area is 154 Å². The number of aliphatic hydroxyl groups is 5. The highest BCUT2D eigenvalue weighted by Gasteiger charge is 2.68. The summed E-state index contributed by atoms with van der Waals surface area (Å²) in [6.45, 7) is 4.07. The van der Waals surface area contributed by atoms with Gasteiger partial charge in [-0.1, -0.05) is 25.8 Å². The van der Waals surface area contributed by atoms with Crippen LogP contribution in [-0.4, -0.2) is 55.5 Å². The lowest BCUT2D eigenvalue weighted by Crippen LogP contribution is -2.59. The third-order valence-electron chi connectivity index (χ3n) is 8.64. The Morgan fingerprint density at radius 2 is 1.77 bits per heavy atom. The standard InChI is InChI=1S/C21H30O5/c1-4-21(26)16(24)10-12-17-11(5-8-20(12,21)3)19(2)7-6-14(22)18(25)13(19)9-15(17)23/h1,9,11-12,14-18,22-26H,5-8,10H2,2-3H3/t11-,12-,14-,15+,16+,17+,18-,19+,20-,21-/m0/s1. The average Bonchev–Trinajstić information content (AvgIpc) is 2.81. The third-order valence-corrected chi connectivity index (χ3v) is 8.64. The SMILES string of the molecule is C#C[C@]1(O)[C@H](O)C[C@H]2[C@@H]3[C@H](O)C=C4[C@H](O)[C@@H](O)CC[C@]4(C)[C@H]3CC[C@@]21C. The number of aliphatic hydroxyl groups excluding tert-OH is 4. The van der Waals surface area contributed by atoms with E-state index in [1.165, 1.54) is 0 Å². The van der Waals surface area contributed by atoms with Gasteiger partial charge in [0, 0.05) is 5.41 Å². The van der Waals surface area contributed by atoms with Gasteiger partial charge in [0.25, 0.3) is 0 Å². The molecule has 4 rings (SSSR count). The number of hydrogen-bond donors (Lipinski definition) is 5. The van der Waals surface area contributed by atoms with E-state index < -0.39 is 35.4 Å². The largest absolute Gasteiger partial charge is 0.390 e. The molecule has 3 saturated carbocycles. The maximum absolute atomic E-state index is 11.0. The minimum absolute atomic E-state index is 0.0917. The molecule has 0 bridgehead atoms. The second-order valence-corrected chi connectivity index (χ2v) is 9.49. The van der Waals surface area contributed by atoms with Crippen molar-refractivity contribution in [3.8, 4) is 12.3 Å². The van der Waals surface area contributed by atoms with Crippen LogP contribution in [0.5, 0.6) is 0 Å². The van der Waals surface area contributed by atoms with Crippen LogP contribution in [0.1, 0.15) is 46.0 Å². The van der Waals surface area contributed by atoms with E-state index in [0.717, 1.165) is 18.4 Å². The van der Waals surface area contributed by atoms with Crippen LogP contribution in [-0.2, 0) is 0 Å². The highest BCUT2D eigenvalue weighted by atomic mass is 16.3. The van der Waals surface area contributed by atoms with Crippen LogP contribution in [0.25, 0.3) is 0 Å². The van der Waals surface area contributed by atoms with E-state index in [1.807, 2.05) is 6.92 Å². The lowest BCUT2D eigenvalue weighted by molar-refractivity contribution is -0.141. The molecule has 4 aliphatic carbocycles. The molecule has 26 heavy (non-hydrogen) atoms. The number of hydrogen-bond acceptors (Lipinski definition) is 5. The van der Waals surface area contributed by atoms with E-state index in [0.29, 0.717) is 19.3 Å². The molecule has 5 heteroatoms. The lowest BCUT2D eigenvalue weighted by Gasteiger charge is -2.59. The van der Waals surface area contributed by atoms with Gasteiger partial charge in [-0.3, -0.25) is 0 Å². The average molecular weight is 362 g/mol. The first-order valence-corrected chi connectivity index (χ1v) is 9.75. The topological polar surface area (TPSA) is 101 Å². The molecular formula is C21H30O5. The summed E-state index contributed by atoms with van der Waals surface area (Å²) in [7, 11) is 0. The van der Waals surface area contributed by atoms with Crippen molar-refractivity contribution in [3.63, 3.8) is 0 Å². The second-order valence-electron chi connectivity index (χ2n) is 9.49. The minimum Gasteiger partial charge on any atom is -0.390 e. The molecule has 0 amide bonds. The number of fused-ring (bicyclic) bond motifs is 5. The zero-order chi connectivity index (χ0) is 19.1. The molecule has 3 fully saturated rings. The van der Waals surface area contributed by atoms with Crippen molar-refractivity contribution in [1.29, 1.82) is 0 Å². The molecule has 5 nitrogen and oxygen atoms in total. The summed E-state index contributed by atoms with van der Waals surface area (Å²) in [5, 5.41) is 53.1. The molecule has 4 aliphatic rings. The van der Waals surface area contributed by atoms with Gasteiger partial charge in [0.2, 0.25) is 0 Å². The van der Waals surface area contributed by atoms with E-state index in [9.17, 15) is 25.5 Å². The van der Waals surface area contributed by atoms with Gasteiger partial charge in [-0.25, -0.2) is 0 Å². The van der Waals surface area contributed by atoms with Crippen molar-refractivity contribution < 1.29 is 25.5 Å². The van der Waals surface area contributed by atoms with Crippen LogP contribution in [0.3, 0.4) is 0 Å². The summed E-state index contributed by atoms with van der Waals surface area (Å²) in [4.78, 5) is 0. The molecule has 0 aliphatic heterocycles. The van der Waals surface area contributed by atoms with Crippen molar-refractivity contribution in [1.82, 2.24) is 0 Å². The summed E-state index contributed by atoms with van der Waals surface area (Å²) in [5.74, 6) is 2.37. The molecule has 0 radical (unpaired) electrons. The first-order valence-electron chi connectivity index (χ1n) is 9.75. The van der Waals surface area contributed by atoms with Gasteiger partial charge in [0.05, 0.1) is 18.3 Å². The van der Waals surface area contributed by atoms with Gasteiger partial charge in [-0.15, -0.1) is 6.42 Å². The zero-order valence-corrected chi connectivity index (χ0v) is 15.5. The fourth-order valence-corrected chi connectivity index (χ4v) is 6.98. The van der Waals surface area contributed by atoms with Gasteiger partial charge < -0.3 is 25.5 Å². The number of terminal acetylenes is 1. The highest BCUT2D eigenvalue weighted by molar-refractivity contribution is 5.34. The van der Waals surface area contributed by atoms with Crippen molar-refractivity contribution in [3.05, 3.63) is 11.6 Å². The van der Waals surface area contributed by atoms with Crippen molar-refractivity contribution in [2.45, 2.75) is 76.0 Å². The molecule has 0 aromatic carbocycles. The first kappa shape index (κ1) is 18.5. The van der Waals surface area contributed by atoms with Crippen LogP contribution in [0.15, 0.2) is 11.6 Å². The predicted octanol–water partition coefficient (Wildman–Crippen LogP) is 0.587. The summed E-state index contributed by atoms with van der Waals surface area (Å²) in [6.07, 6.45) is 6.96. The molecule has 10 atom stereocenters. The Balaban J connectivity index is 1.78. The smallest absolute Gasteiger partial charge is 0.156 e. The van der Waals surface area contributed by atoms with Gasteiger partial charge in [-0.05, 0) is 60.8 Å². The molecule has 5 N–H and O–H groups in total. The Morgan fingerprint density at radius 1 is 1.08 bits per heavy atom. The summed E-state index contributed by atoms with van der Waals surface area (Å²) in [6, 6.07) is 0. The Hall–Kier alpha value is -0.900. The van der Waals surface area contributed by atoms with Crippen LogP contribution < -0.4 is 0 Å². The normalized spacial score (nSPS) is 58.8. The van der Waals surface area contributed by atoms with E-state index in [-0.39, 0.29) is 23.2 Å². The Morgan fingerprint density at radius 3 is 2.42 bits per heavy atom. The molecule has 0 unspecified atom stereocenters. The van der Waals surface area contributed by atoms with Gasteiger partial charge in [0.15, 0.2) is 5.60 Å². The maximum Gasteiger partial charge on any atom is 0.156 e. The first-order chi connectivity index (χ1) is 12.1. The van der Waals surface area contributed by atoms with Gasteiger partial charge >= 0.3 is 0 Å². The van der Waals surface area contributed by atoms with Crippen molar-refractivity contribution in [2.24, 2.45) is 28.6 Å². The quantitative estimate of drug-likeness (QED) is 0.321. The Kier molecular flexibility index (Phi) is 3.95. The fraction of sp³-hybridized carbons (Fsp3) is 0.810. The van der Waals surface area contributed by atoms with Gasteiger partial charge in [0.1, 0.15) is 6.10 Å². The molecule has 0 aromatic rings. The third kappa shape index (κ3) is 2.00. The van der Waals surface area contributed by atoms with Crippen LogP contribution >= 0.6 is 0 Å². The van der Waals surface area contributed by atoms with E-state index >= 15 is 0 Å². The minimum atomic E-state index is -1.57. The summed E-state index contributed by atoms with van der Waals surface area (Å²) in [5.41, 5.74) is -1.75. The van der Waals surface area contributed by atoms with Gasteiger partial charge in [-0.2, -0.15) is 0 Å². The molecular weight excluding hydrogens is 332 g/mol. The maximum atomic E-state index is 11.0.